The maximum absolute atomic E-state index is 11.7. The van der Waals surface area contributed by atoms with Crippen LogP contribution in [0.5, 0.6) is 0 Å². The molecule has 2 amide bonds. The number of nitrogens with one attached hydrogen (secondary N) is 1. The molecule has 118 valence electrons. The highest BCUT2D eigenvalue weighted by atomic mass is 35.5. The fourth-order valence-corrected chi connectivity index (χ4v) is 2.63. The van der Waals surface area contributed by atoms with Gasteiger partial charge in [0.2, 0.25) is 11.8 Å². The zero-order valence-electron chi connectivity index (χ0n) is 12.6. The number of halogens is 2. The highest BCUT2D eigenvalue weighted by molar-refractivity contribution is 6.44. The predicted octanol–water partition coefficient (Wildman–Crippen LogP) is 3.46. The molecule has 0 aliphatic carbocycles. The molecule has 0 fully saturated rings. The van der Waals surface area contributed by atoms with Gasteiger partial charge in [-0.05, 0) is 12.5 Å². The highest BCUT2D eigenvalue weighted by Crippen LogP contribution is 2.38. The van der Waals surface area contributed by atoms with Crippen molar-refractivity contribution in [2.45, 2.75) is 20.8 Å². The molecule has 0 unspecified atom stereocenters. The second-order valence-corrected chi connectivity index (χ2v) is 5.59. The van der Waals surface area contributed by atoms with E-state index in [1.807, 2.05) is 6.07 Å². The Balaban J connectivity index is 2.69. The fourth-order valence-electron chi connectivity index (χ4n) is 2.16. The molecule has 0 aliphatic heterocycles. The van der Waals surface area contributed by atoms with Crippen LogP contribution in [0.2, 0.25) is 10.0 Å². The number of nitriles is 1. The lowest BCUT2D eigenvalue weighted by atomic mass is 10.1. The lowest BCUT2D eigenvalue weighted by molar-refractivity contribution is -0.124. The standard InChI is InChI=1S/C15H12Cl2N4O2/c1-7-4-5-10(13(17)12(7)16)14-11(6-18)15(20-19-14)21(8(2)22)9(3)23/h4-5H,1-3H3,(H,19,20). The van der Waals surface area contributed by atoms with Gasteiger partial charge in [0.15, 0.2) is 5.82 Å². The monoisotopic (exact) mass is 350 g/mol. The molecular formula is C15H12Cl2N4O2. The topological polar surface area (TPSA) is 89.8 Å². The van der Waals surface area contributed by atoms with Crippen LogP contribution in [0.15, 0.2) is 12.1 Å². The molecule has 23 heavy (non-hydrogen) atoms. The van der Waals surface area contributed by atoms with E-state index in [4.69, 9.17) is 23.2 Å². The smallest absolute Gasteiger partial charge is 0.231 e. The van der Waals surface area contributed by atoms with Gasteiger partial charge >= 0.3 is 0 Å². The third kappa shape index (κ3) is 2.93. The Morgan fingerprint density at radius 3 is 2.35 bits per heavy atom. The van der Waals surface area contributed by atoms with Crippen LogP contribution in [-0.2, 0) is 9.59 Å². The molecule has 0 atom stereocenters. The molecule has 1 heterocycles. The number of hydrogen-bond donors (Lipinski definition) is 1. The van der Waals surface area contributed by atoms with Crippen molar-refractivity contribution >= 4 is 40.8 Å². The second-order valence-electron chi connectivity index (χ2n) is 4.84. The van der Waals surface area contributed by atoms with Gasteiger partial charge < -0.3 is 0 Å². The number of aryl methyl sites for hydroxylation is 1. The summed E-state index contributed by atoms with van der Waals surface area (Å²) in [4.78, 5) is 24.2. The molecule has 0 spiro atoms. The van der Waals surface area contributed by atoms with Crippen LogP contribution in [0.25, 0.3) is 11.3 Å². The zero-order chi connectivity index (χ0) is 17.3. The van der Waals surface area contributed by atoms with Gasteiger partial charge in [0.25, 0.3) is 0 Å². The minimum atomic E-state index is -0.530. The first kappa shape index (κ1) is 17.0. The molecule has 1 aromatic heterocycles. The normalized spacial score (nSPS) is 10.3. The number of carbonyl (C=O) groups is 2. The van der Waals surface area contributed by atoms with E-state index in [0.29, 0.717) is 10.6 Å². The number of H-pyrrole nitrogens is 1. The Morgan fingerprint density at radius 2 is 1.83 bits per heavy atom. The first-order chi connectivity index (χ1) is 10.8. The fraction of sp³-hybridized carbons (Fsp3) is 0.200. The van der Waals surface area contributed by atoms with E-state index in [-0.39, 0.29) is 22.1 Å². The van der Waals surface area contributed by atoms with Gasteiger partial charge in [0.05, 0.1) is 10.0 Å². The van der Waals surface area contributed by atoms with Crippen LogP contribution in [0, 0.1) is 18.3 Å². The minimum Gasteiger partial charge on any atom is -0.274 e. The maximum atomic E-state index is 11.7. The van der Waals surface area contributed by atoms with Crippen molar-refractivity contribution in [3.8, 4) is 17.3 Å². The average Bonchev–Trinajstić information content (AvgIpc) is 2.87. The van der Waals surface area contributed by atoms with Crippen LogP contribution < -0.4 is 4.90 Å². The van der Waals surface area contributed by atoms with Crippen LogP contribution in [-0.4, -0.2) is 22.0 Å². The number of rotatable bonds is 2. The van der Waals surface area contributed by atoms with Crippen LogP contribution >= 0.6 is 23.2 Å². The van der Waals surface area contributed by atoms with Crippen LogP contribution in [0.1, 0.15) is 25.0 Å². The van der Waals surface area contributed by atoms with Gasteiger partial charge in [-0.15, -0.1) is 0 Å². The van der Waals surface area contributed by atoms with E-state index in [1.54, 1.807) is 19.1 Å². The molecule has 0 saturated carbocycles. The number of carbonyl (C=O) groups excluding carboxylic acids is 2. The molecule has 1 aromatic carbocycles. The van der Waals surface area contributed by atoms with E-state index in [0.717, 1.165) is 10.5 Å². The van der Waals surface area contributed by atoms with E-state index in [2.05, 4.69) is 10.2 Å². The van der Waals surface area contributed by atoms with E-state index in [9.17, 15) is 14.9 Å². The summed E-state index contributed by atoms with van der Waals surface area (Å²) in [6.07, 6.45) is 0. The number of imide groups is 1. The van der Waals surface area contributed by atoms with Gasteiger partial charge in [-0.2, -0.15) is 10.4 Å². The van der Waals surface area contributed by atoms with Crippen molar-refractivity contribution in [3.05, 3.63) is 33.3 Å². The Morgan fingerprint density at radius 1 is 1.22 bits per heavy atom. The largest absolute Gasteiger partial charge is 0.274 e. The number of nitrogens with zero attached hydrogens (tertiary/aromatic N) is 3. The molecule has 2 rings (SSSR count). The molecule has 0 aliphatic rings. The molecule has 2 aromatic rings. The van der Waals surface area contributed by atoms with Gasteiger partial charge in [-0.3, -0.25) is 14.7 Å². The lowest BCUT2D eigenvalue weighted by Crippen LogP contribution is -2.34. The van der Waals surface area contributed by atoms with Gasteiger partial charge in [0, 0.05) is 19.4 Å². The van der Waals surface area contributed by atoms with Crippen molar-refractivity contribution < 1.29 is 9.59 Å². The summed E-state index contributed by atoms with van der Waals surface area (Å²) in [7, 11) is 0. The summed E-state index contributed by atoms with van der Waals surface area (Å²) in [6, 6.07) is 5.37. The van der Waals surface area contributed by atoms with Gasteiger partial charge in [-0.25, -0.2) is 4.90 Å². The van der Waals surface area contributed by atoms with Crippen molar-refractivity contribution in [2.24, 2.45) is 0 Å². The summed E-state index contributed by atoms with van der Waals surface area (Å²) in [5.74, 6) is -1.05. The quantitative estimate of drug-likeness (QED) is 0.897. The number of aromatic amines is 1. The Labute approximate surface area is 142 Å². The summed E-state index contributed by atoms with van der Waals surface area (Å²) in [5.41, 5.74) is 1.48. The Hall–Kier alpha value is -2.36. The third-order valence-corrected chi connectivity index (χ3v) is 4.22. The number of aromatic nitrogens is 2. The van der Waals surface area contributed by atoms with Crippen molar-refractivity contribution in [1.29, 1.82) is 5.26 Å². The van der Waals surface area contributed by atoms with Gasteiger partial charge in [0.1, 0.15) is 17.3 Å². The van der Waals surface area contributed by atoms with Crippen molar-refractivity contribution in [1.82, 2.24) is 10.2 Å². The third-order valence-electron chi connectivity index (χ3n) is 3.24. The molecular weight excluding hydrogens is 339 g/mol. The molecule has 0 radical (unpaired) electrons. The van der Waals surface area contributed by atoms with Gasteiger partial charge in [-0.1, -0.05) is 35.3 Å². The van der Waals surface area contributed by atoms with E-state index in [1.165, 1.54) is 13.8 Å². The molecule has 8 heteroatoms. The minimum absolute atomic E-state index is 0.00950. The van der Waals surface area contributed by atoms with Crippen molar-refractivity contribution in [3.63, 3.8) is 0 Å². The number of benzene rings is 1. The first-order valence-electron chi connectivity index (χ1n) is 6.54. The summed E-state index contributed by atoms with van der Waals surface area (Å²) >= 11 is 12.4. The SMILES string of the molecule is CC(=O)N(C(C)=O)c1[nH]nc(-c2ccc(C)c(Cl)c2Cl)c1C#N. The summed E-state index contributed by atoms with van der Waals surface area (Å²) in [5, 5.41) is 16.6. The Bertz CT molecular complexity index is 838. The van der Waals surface area contributed by atoms with Crippen LogP contribution in [0.3, 0.4) is 0 Å². The van der Waals surface area contributed by atoms with E-state index < -0.39 is 11.8 Å². The average molecular weight is 351 g/mol. The molecule has 0 saturated heterocycles. The predicted molar refractivity (Wildman–Crippen MR) is 87.3 cm³/mol. The Kier molecular flexibility index (Phi) is 4.73. The van der Waals surface area contributed by atoms with Crippen molar-refractivity contribution in [2.75, 3.05) is 4.90 Å². The molecule has 1 N–H and O–H groups in total. The summed E-state index contributed by atoms with van der Waals surface area (Å²) < 4.78 is 0. The van der Waals surface area contributed by atoms with Crippen LogP contribution in [0.4, 0.5) is 5.82 Å². The lowest BCUT2D eigenvalue weighted by Gasteiger charge is -2.14. The number of anilines is 1. The molecule has 0 bridgehead atoms. The highest BCUT2D eigenvalue weighted by Gasteiger charge is 2.26. The number of amides is 2. The zero-order valence-corrected chi connectivity index (χ0v) is 14.1. The van der Waals surface area contributed by atoms with E-state index >= 15 is 0 Å². The summed E-state index contributed by atoms with van der Waals surface area (Å²) in [6.45, 7) is 4.24. The maximum Gasteiger partial charge on any atom is 0.231 e. The second kappa shape index (κ2) is 6.41. The first-order valence-corrected chi connectivity index (χ1v) is 7.29. The number of hydrogen-bond acceptors (Lipinski definition) is 4. The molecule has 6 nitrogen and oxygen atoms in total.